The summed E-state index contributed by atoms with van der Waals surface area (Å²) < 4.78 is 5.25. The highest BCUT2D eigenvalue weighted by molar-refractivity contribution is 8.00. The number of aromatic nitrogens is 1. The summed E-state index contributed by atoms with van der Waals surface area (Å²) in [6, 6.07) is 28.5. The van der Waals surface area contributed by atoms with Gasteiger partial charge in [0.05, 0.1) is 23.9 Å². The van der Waals surface area contributed by atoms with Gasteiger partial charge in [-0.2, -0.15) is 5.26 Å². The Kier molecular flexibility index (Phi) is 6.16. The van der Waals surface area contributed by atoms with E-state index in [0.717, 1.165) is 22.3 Å². The van der Waals surface area contributed by atoms with Crippen molar-refractivity contribution in [2.24, 2.45) is 0 Å². The minimum absolute atomic E-state index is 0.0945. The Morgan fingerprint density at radius 2 is 1.65 bits per heavy atom. The molecule has 4 aromatic rings. The Labute approximate surface area is 184 Å². The molecule has 0 aliphatic rings. The molecule has 6 heteroatoms. The van der Waals surface area contributed by atoms with Crippen LogP contribution in [0.2, 0.25) is 0 Å². The van der Waals surface area contributed by atoms with Gasteiger partial charge in [0.1, 0.15) is 16.8 Å². The zero-order chi connectivity index (χ0) is 21.6. The summed E-state index contributed by atoms with van der Waals surface area (Å²) in [6.07, 6.45) is 0. The molecule has 1 heterocycles. The number of ether oxygens (including phenoxy) is 1. The molecule has 5 nitrogen and oxygen atoms in total. The maximum atomic E-state index is 13.2. The van der Waals surface area contributed by atoms with Gasteiger partial charge in [-0.25, -0.2) is 4.98 Å². The largest absolute Gasteiger partial charge is 0.497 e. The zero-order valence-corrected chi connectivity index (χ0v) is 17.7. The van der Waals surface area contributed by atoms with Crippen LogP contribution in [-0.2, 0) is 4.79 Å². The topological polar surface area (TPSA) is 66.2 Å². The number of anilines is 2. The first-order valence-electron chi connectivity index (χ1n) is 9.64. The highest BCUT2D eigenvalue weighted by atomic mass is 32.2. The molecule has 4 rings (SSSR count). The average molecular weight is 426 g/mol. The predicted octanol–water partition coefficient (Wildman–Crippen LogP) is 5.57. The molecule has 0 fully saturated rings. The summed E-state index contributed by atoms with van der Waals surface area (Å²) in [5, 5.41) is 11.0. The second-order valence-electron chi connectivity index (χ2n) is 6.70. The van der Waals surface area contributed by atoms with E-state index in [1.807, 2.05) is 78.9 Å². The van der Waals surface area contributed by atoms with Crippen LogP contribution in [0.1, 0.15) is 5.56 Å². The van der Waals surface area contributed by atoms with Crippen molar-refractivity contribution in [3.8, 4) is 11.8 Å². The molecule has 0 unspecified atom stereocenters. The van der Waals surface area contributed by atoms with Crippen LogP contribution in [-0.4, -0.2) is 23.8 Å². The van der Waals surface area contributed by atoms with Crippen LogP contribution in [0.25, 0.3) is 10.9 Å². The van der Waals surface area contributed by atoms with E-state index in [1.165, 1.54) is 11.8 Å². The number of para-hydroxylation sites is 2. The molecule has 0 atom stereocenters. The molecular formula is C25H19N3O2S. The first kappa shape index (κ1) is 20.5. The third kappa shape index (κ3) is 4.52. The van der Waals surface area contributed by atoms with Gasteiger partial charge in [0.15, 0.2) is 0 Å². The number of amides is 1. The summed E-state index contributed by atoms with van der Waals surface area (Å²) in [5.41, 5.74) is 2.76. The van der Waals surface area contributed by atoms with Gasteiger partial charge in [0.2, 0.25) is 5.91 Å². The lowest BCUT2D eigenvalue weighted by molar-refractivity contribution is -0.115. The van der Waals surface area contributed by atoms with E-state index in [0.29, 0.717) is 16.3 Å². The van der Waals surface area contributed by atoms with E-state index in [4.69, 9.17) is 4.74 Å². The van der Waals surface area contributed by atoms with Gasteiger partial charge in [-0.15, -0.1) is 0 Å². The Hall–Kier alpha value is -3.82. The second-order valence-corrected chi connectivity index (χ2v) is 7.66. The van der Waals surface area contributed by atoms with Gasteiger partial charge in [-0.05, 0) is 48.5 Å². The summed E-state index contributed by atoms with van der Waals surface area (Å²) in [4.78, 5) is 19.5. The van der Waals surface area contributed by atoms with Gasteiger partial charge in [-0.3, -0.25) is 9.69 Å². The summed E-state index contributed by atoms with van der Waals surface area (Å²) in [7, 11) is 1.60. The molecule has 1 aromatic heterocycles. The SMILES string of the molecule is COc1ccc2nc(SCC(=O)N(c3ccccc3)c3ccccc3)c(C#N)cc2c1. The Balaban J connectivity index is 1.62. The van der Waals surface area contributed by atoms with Crippen molar-refractivity contribution in [2.45, 2.75) is 5.03 Å². The van der Waals surface area contributed by atoms with E-state index in [2.05, 4.69) is 11.1 Å². The van der Waals surface area contributed by atoms with E-state index in [1.54, 1.807) is 18.1 Å². The number of carbonyl (C=O) groups is 1. The van der Waals surface area contributed by atoms with Crippen LogP contribution in [0, 0.1) is 11.3 Å². The lowest BCUT2D eigenvalue weighted by atomic mass is 10.1. The Morgan fingerprint density at radius 1 is 1.00 bits per heavy atom. The van der Waals surface area contributed by atoms with Gasteiger partial charge >= 0.3 is 0 Å². The van der Waals surface area contributed by atoms with E-state index < -0.39 is 0 Å². The lowest BCUT2D eigenvalue weighted by Gasteiger charge is -2.23. The molecule has 31 heavy (non-hydrogen) atoms. The number of pyridine rings is 1. The van der Waals surface area contributed by atoms with Crippen LogP contribution < -0.4 is 9.64 Å². The molecule has 1 amide bonds. The molecule has 0 N–H and O–H groups in total. The first-order valence-corrected chi connectivity index (χ1v) is 10.6. The fraction of sp³-hybridized carbons (Fsp3) is 0.0800. The number of carbonyl (C=O) groups excluding carboxylic acids is 1. The summed E-state index contributed by atoms with van der Waals surface area (Å²) >= 11 is 1.27. The molecule has 0 bridgehead atoms. The fourth-order valence-corrected chi connectivity index (χ4v) is 4.05. The minimum atomic E-state index is -0.0945. The summed E-state index contributed by atoms with van der Waals surface area (Å²) in [6.45, 7) is 0. The third-order valence-electron chi connectivity index (χ3n) is 4.72. The zero-order valence-electron chi connectivity index (χ0n) is 16.9. The van der Waals surface area contributed by atoms with Crippen molar-refractivity contribution in [1.82, 2.24) is 4.98 Å². The fourth-order valence-electron chi connectivity index (χ4n) is 3.24. The van der Waals surface area contributed by atoms with Crippen molar-refractivity contribution >= 4 is 39.9 Å². The Morgan fingerprint density at radius 3 is 2.23 bits per heavy atom. The van der Waals surface area contributed by atoms with Gasteiger partial charge < -0.3 is 4.74 Å². The van der Waals surface area contributed by atoms with Crippen molar-refractivity contribution in [1.29, 1.82) is 5.26 Å². The Bertz CT molecular complexity index is 1220. The number of rotatable bonds is 6. The maximum Gasteiger partial charge on any atom is 0.241 e. The number of nitriles is 1. The highest BCUT2D eigenvalue weighted by Crippen LogP contribution is 2.30. The third-order valence-corrected chi connectivity index (χ3v) is 5.69. The molecule has 152 valence electrons. The molecule has 0 saturated carbocycles. The average Bonchev–Trinajstić information content (AvgIpc) is 2.83. The molecule has 0 aliphatic heterocycles. The van der Waals surface area contributed by atoms with Crippen LogP contribution in [0.4, 0.5) is 11.4 Å². The number of methoxy groups -OCH3 is 1. The van der Waals surface area contributed by atoms with Crippen molar-refractivity contribution in [3.63, 3.8) is 0 Å². The standard InChI is InChI=1S/C25H19N3O2S/c1-30-22-12-13-23-18(15-22)14-19(16-26)25(27-23)31-17-24(29)28(20-8-4-2-5-9-20)21-10-6-3-7-11-21/h2-15H,17H2,1H3. The smallest absolute Gasteiger partial charge is 0.241 e. The molecule has 3 aromatic carbocycles. The number of hydrogen-bond acceptors (Lipinski definition) is 5. The predicted molar refractivity (Wildman–Crippen MR) is 124 cm³/mol. The van der Waals surface area contributed by atoms with Gasteiger partial charge in [0, 0.05) is 16.8 Å². The lowest BCUT2D eigenvalue weighted by Crippen LogP contribution is -2.27. The van der Waals surface area contributed by atoms with Crippen LogP contribution in [0.3, 0.4) is 0 Å². The van der Waals surface area contributed by atoms with Crippen LogP contribution >= 0.6 is 11.8 Å². The van der Waals surface area contributed by atoms with E-state index in [9.17, 15) is 10.1 Å². The number of benzene rings is 3. The first-order chi connectivity index (χ1) is 15.2. The van der Waals surface area contributed by atoms with E-state index >= 15 is 0 Å². The number of hydrogen-bond donors (Lipinski definition) is 0. The monoisotopic (exact) mass is 425 g/mol. The van der Waals surface area contributed by atoms with Crippen molar-refractivity contribution in [2.75, 3.05) is 17.8 Å². The molecular weight excluding hydrogens is 406 g/mol. The van der Waals surface area contributed by atoms with Crippen LogP contribution in [0.5, 0.6) is 5.75 Å². The van der Waals surface area contributed by atoms with Gasteiger partial charge in [-0.1, -0.05) is 48.2 Å². The summed E-state index contributed by atoms with van der Waals surface area (Å²) in [5.74, 6) is 0.755. The van der Waals surface area contributed by atoms with E-state index in [-0.39, 0.29) is 11.7 Å². The number of thioether (sulfide) groups is 1. The molecule has 0 spiro atoms. The highest BCUT2D eigenvalue weighted by Gasteiger charge is 2.19. The van der Waals surface area contributed by atoms with Crippen molar-refractivity contribution < 1.29 is 9.53 Å². The maximum absolute atomic E-state index is 13.2. The minimum Gasteiger partial charge on any atom is -0.497 e. The normalized spacial score (nSPS) is 10.5. The van der Waals surface area contributed by atoms with Gasteiger partial charge in [0.25, 0.3) is 0 Å². The molecule has 0 aliphatic carbocycles. The second kappa shape index (κ2) is 9.33. The number of nitrogens with zero attached hydrogens (tertiary/aromatic N) is 3. The molecule has 0 saturated heterocycles. The quantitative estimate of drug-likeness (QED) is 0.378. The van der Waals surface area contributed by atoms with Crippen LogP contribution in [0.15, 0.2) is 90.0 Å². The van der Waals surface area contributed by atoms with Crippen molar-refractivity contribution in [3.05, 3.63) is 90.5 Å². The molecule has 0 radical (unpaired) electrons. The number of fused-ring (bicyclic) bond motifs is 1.